The van der Waals surface area contributed by atoms with Crippen molar-refractivity contribution >= 4 is 17.8 Å². The van der Waals surface area contributed by atoms with Crippen LogP contribution in [0.4, 0.5) is 0 Å². The number of nitrogens with one attached hydrogen (secondary N) is 1. The van der Waals surface area contributed by atoms with Crippen LogP contribution in [-0.4, -0.2) is 40.4 Å². The van der Waals surface area contributed by atoms with E-state index in [0.29, 0.717) is 25.9 Å². The highest BCUT2D eigenvalue weighted by molar-refractivity contribution is 5.89. The number of carbonyl (C=O) groups excluding carboxylic acids is 2. The molecule has 1 saturated heterocycles. The zero-order valence-corrected chi connectivity index (χ0v) is 14.9. The number of amides is 2. The number of carbonyl (C=O) groups is 3. The first-order valence-electron chi connectivity index (χ1n) is 8.98. The van der Waals surface area contributed by atoms with E-state index in [4.69, 9.17) is 5.11 Å². The summed E-state index contributed by atoms with van der Waals surface area (Å²) >= 11 is 0. The summed E-state index contributed by atoms with van der Waals surface area (Å²) in [6.07, 6.45) is 1.76. The molecule has 2 aromatic carbocycles. The Hall–Kier alpha value is -3.15. The van der Waals surface area contributed by atoms with Crippen molar-refractivity contribution in [2.24, 2.45) is 0 Å². The molecular weight excluding hydrogens is 344 g/mol. The van der Waals surface area contributed by atoms with Crippen molar-refractivity contribution < 1.29 is 19.5 Å². The normalized spacial score (nSPS) is 16.1. The third kappa shape index (κ3) is 4.73. The second-order valence-electron chi connectivity index (χ2n) is 6.63. The maximum atomic E-state index is 12.6. The maximum absolute atomic E-state index is 12.6. The lowest BCUT2D eigenvalue weighted by Gasteiger charge is -2.24. The molecule has 1 atom stereocenters. The van der Waals surface area contributed by atoms with Gasteiger partial charge in [0.1, 0.15) is 6.04 Å². The zero-order chi connectivity index (χ0) is 19.2. The van der Waals surface area contributed by atoms with Gasteiger partial charge >= 0.3 is 5.97 Å². The summed E-state index contributed by atoms with van der Waals surface area (Å²) in [6.45, 7) is 0.896. The molecular formula is C21H22N2O4. The minimum absolute atomic E-state index is 0.0374. The summed E-state index contributed by atoms with van der Waals surface area (Å²) in [5.41, 5.74) is 1.96. The Morgan fingerprint density at radius 3 is 2.37 bits per heavy atom. The Labute approximate surface area is 157 Å². The standard InChI is InChI=1S/C21H22N2O4/c24-19(13-15-5-2-1-3-6-15)23-12-4-7-18(23)20(25)22-14-16-8-10-17(11-9-16)21(26)27/h1-3,5-6,8-11,18H,4,7,12-14H2,(H,22,25)(H,26,27). The molecule has 0 radical (unpaired) electrons. The molecule has 3 rings (SSSR count). The van der Waals surface area contributed by atoms with Crippen LogP contribution < -0.4 is 5.32 Å². The number of carboxylic acid groups (broad SMARTS) is 1. The smallest absolute Gasteiger partial charge is 0.335 e. The van der Waals surface area contributed by atoms with Gasteiger partial charge in [0.25, 0.3) is 0 Å². The number of carboxylic acids is 1. The molecule has 2 aromatic rings. The average Bonchev–Trinajstić information content (AvgIpc) is 3.17. The third-order valence-corrected chi connectivity index (χ3v) is 4.74. The molecule has 1 aliphatic heterocycles. The molecule has 2 N–H and O–H groups in total. The van der Waals surface area contributed by atoms with Gasteiger partial charge in [-0.2, -0.15) is 0 Å². The fourth-order valence-corrected chi connectivity index (χ4v) is 3.28. The van der Waals surface area contributed by atoms with Gasteiger partial charge in [-0.1, -0.05) is 42.5 Å². The zero-order valence-electron chi connectivity index (χ0n) is 14.9. The maximum Gasteiger partial charge on any atom is 0.335 e. The molecule has 1 fully saturated rings. The molecule has 0 bridgehead atoms. The van der Waals surface area contributed by atoms with Gasteiger partial charge in [0.15, 0.2) is 0 Å². The summed E-state index contributed by atoms with van der Waals surface area (Å²) < 4.78 is 0. The van der Waals surface area contributed by atoms with E-state index >= 15 is 0 Å². The van der Waals surface area contributed by atoms with Crippen molar-refractivity contribution in [3.8, 4) is 0 Å². The van der Waals surface area contributed by atoms with Crippen LogP contribution >= 0.6 is 0 Å². The van der Waals surface area contributed by atoms with E-state index in [-0.39, 0.29) is 17.4 Å². The molecule has 2 amide bonds. The SMILES string of the molecule is O=C(O)c1ccc(CNC(=O)C2CCCN2C(=O)Cc2ccccc2)cc1. The van der Waals surface area contributed by atoms with Gasteiger partial charge in [-0.05, 0) is 36.1 Å². The lowest BCUT2D eigenvalue weighted by Crippen LogP contribution is -2.46. The minimum Gasteiger partial charge on any atom is -0.478 e. The van der Waals surface area contributed by atoms with Crippen LogP contribution in [0.5, 0.6) is 0 Å². The number of nitrogens with zero attached hydrogens (tertiary/aromatic N) is 1. The summed E-state index contributed by atoms with van der Waals surface area (Å²) in [4.78, 5) is 37.7. The Morgan fingerprint density at radius 2 is 1.70 bits per heavy atom. The van der Waals surface area contributed by atoms with E-state index in [2.05, 4.69) is 5.32 Å². The van der Waals surface area contributed by atoms with Crippen LogP contribution in [0.2, 0.25) is 0 Å². The van der Waals surface area contributed by atoms with Crippen molar-refractivity contribution in [1.29, 1.82) is 0 Å². The van der Waals surface area contributed by atoms with E-state index < -0.39 is 12.0 Å². The van der Waals surface area contributed by atoms with Crippen molar-refractivity contribution in [3.05, 3.63) is 71.3 Å². The van der Waals surface area contributed by atoms with Crippen LogP contribution in [0.1, 0.15) is 34.3 Å². The topological polar surface area (TPSA) is 86.7 Å². The fourth-order valence-electron chi connectivity index (χ4n) is 3.28. The van der Waals surface area contributed by atoms with Gasteiger partial charge in [0.2, 0.25) is 11.8 Å². The molecule has 27 heavy (non-hydrogen) atoms. The molecule has 0 aromatic heterocycles. The van der Waals surface area contributed by atoms with Crippen LogP contribution in [0.15, 0.2) is 54.6 Å². The second-order valence-corrected chi connectivity index (χ2v) is 6.63. The fraction of sp³-hybridized carbons (Fsp3) is 0.286. The molecule has 140 valence electrons. The van der Waals surface area contributed by atoms with E-state index in [1.165, 1.54) is 12.1 Å². The van der Waals surface area contributed by atoms with Crippen LogP contribution in [0.3, 0.4) is 0 Å². The Balaban J connectivity index is 1.56. The predicted molar refractivity (Wildman–Crippen MR) is 100 cm³/mol. The largest absolute Gasteiger partial charge is 0.478 e. The lowest BCUT2D eigenvalue weighted by molar-refractivity contribution is -0.138. The van der Waals surface area contributed by atoms with Gasteiger partial charge in [-0.3, -0.25) is 9.59 Å². The molecule has 6 nitrogen and oxygen atoms in total. The second kappa shape index (κ2) is 8.49. The van der Waals surface area contributed by atoms with Gasteiger partial charge in [-0.25, -0.2) is 4.79 Å². The van der Waals surface area contributed by atoms with Crippen molar-refractivity contribution in [2.75, 3.05) is 6.54 Å². The van der Waals surface area contributed by atoms with Gasteiger partial charge < -0.3 is 15.3 Å². The van der Waals surface area contributed by atoms with Crippen molar-refractivity contribution in [1.82, 2.24) is 10.2 Å². The molecule has 0 saturated carbocycles. The quantitative estimate of drug-likeness (QED) is 0.821. The number of aromatic carboxylic acids is 1. The van der Waals surface area contributed by atoms with Crippen molar-refractivity contribution in [2.45, 2.75) is 31.8 Å². The molecule has 1 heterocycles. The Morgan fingerprint density at radius 1 is 1.00 bits per heavy atom. The first-order chi connectivity index (χ1) is 13.0. The third-order valence-electron chi connectivity index (χ3n) is 4.74. The number of hydrogen-bond donors (Lipinski definition) is 2. The number of benzene rings is 2. The summed E-state index contributed by atoms with van der Waals surface area (Å²) in [5, 5.41) is 11.8. The van der Waals surface area contributed by atoms with E-state index in [9.17, 15) is 14.4 Å². The number of hydrogen-bond acceptors (Lipinski definition) is 3. The Kier molecular flexibility index (Phi) is 5.86. The monoisotopic (exact) mass is 366 g/mol. The first-order valence-corrected chi connectivity index (χ1v) is 8.98. The van der Waals surface area contributed by atoms with Crippen molar-refractivity contribution in [3.63, 3.8) is 0 Å². The van der Waals surface area contributed by atoms with Crippen LogP contribution in [0.25, 0.3) is 0 Å². The van der Waals surface area contributed by atoms with E-state index in [1.807, 2.05) is 30.3 Å². The first kappa shape index (κ1) is 18.6. The Bertz CT molecular complexity index is 818. The average molecular weight is 366 g/mol. The van der Waals surface area contributed by atoms with Gasteiger partial charge in [0.05, 0.1) is 12.0 Å². The molecule has 1 aliphatic rings. The summed E-state index contributed by atoms with van der Waals surface area (Å²) in [5.74, 6) is -1.19. The summed E-state index contributed by atoms with van der Waals surface area (Å²) in [6, 6.07) is 15.4. The minimum atomic E-state index is -0.982. The van der Waals surface area contributed by atoms with Crippen LogP contribution in [-0.2, 0) is 22.6 Å². The molecule has 6 heteroatoms. The highest BCUT2D eigenvalue weighted by Gasteiger charge is 2.33. The molecule has 1 unspecified atom stereocenters. The van der Waals surface area contributed by atoms with Crippen LogP contribution in [0, 0.1) is 0 Å². The molecule has 0 spiro atoms. The number of likely N-dealkylation sites (tertiary alicyclic amines) is 1. The predicted octanol–water partition coefficient (Wildman–Crippen LogP) is 2.23. The highest BCUT2D eigenvalue weighted by atomic mass is 16.4. The summed E-state index contributed by atoms with van der Waals surface area (Å²) in [7, 11) is 0. The highest BCUT2D eigenvalue weighted by Crippen LogP contribution is 2.19. The lowest BCUT2D eigenvalue weighted by atomic mass is 10.1. The van der Waals surface area contributed by atoms with Gasteiger partial charge in [0, 0.05) is 13.1 Å². The van der Waals surface area contributed by atoms with Gasteiger partial charge in [-0.15, -0.1) is 0 Å². The molecule has 0 aliphatic carbocycles. The number of rotatable bonds is 6. The van der Waals surface area contributed by atoms with E-state index in [0.717, 1.165) is 17.5 Å². The van der Waals surface area contributed by atoms with E-state index in [1.54, 1.807) is 17.0 Å².